The smallest absolute Gasteiger partial charge is 0.326 e. The van der Waals surface area contributed by atoms with E-state index in [1.165, 1.54) is 18.6 Å². The predicted octanol–water partition coefficient (Wildman–Crippen LogP) is 1.71. The molecule has 19 heavy (non-hydrogen) atoms. The van der Waals surface area contributed by atoms with E-state index in [-0.39, 0.29) is 6.42 Å². The zero-order valence-corrected chi connectivity index (χ0v) is 10.1. The molecule has 0 spiro atoms. The third-order valence-electron chi connectivity index (χ3n) is 2.67. The molecule has 1 amide bonds. The molecule has 2 aromatic rings. The van der Waals surface area contributed by atoms with Gasteiger partial charge in [0.05, 0.1) is 11.8 Å². The Morgan fingerprint density at radius 2 is 1.95 bits per heavy atom. The molecule has 2 N–H and O–H groups in total. The molecule has 2 rings (SSSR count). The van der Waals surface area contributed by atoms with Crippen LogP contribution in [0.3, 0.4) is 0 Å². The molecular weight excluding hydrogens is 246 g/mol. The van der Waals surface area contributed by atoms with Crippen molar-refractivity contribution < 1.29 is 19.1 Å². The average Bonchev–Trinajstić information content (AvgIpc) is 2.93. The maximum Gasteiger partial charge on any atom is 0.326 e. The third-order valence-corrected chi connectivity index (χ3v) is 2.67. The van der Waals surface area contributed by atoms with Crippen LogP contribution in [-0.4, -0.2) is 23.0 Å². The largest absolute Gasteiger partial charge is 0.480 e. The summed E-state index contributed by atoms with van der Waals surface area (Å²) in [6.45, 7) is 0. The molecule has 1 aromatic heterocycles. The zero-order valence-electron chi connectivity index (χ0n) is 10.1. The molecule has 0 bridgehead atoms. The van der Waals surface area contributed by atoms with E-state index in [9.17, 15) is 9.59 Å². The van der Waals surface area contributed by atoms with Crippen molar-refractivity contribution in [3.63, 3.8) is 0 Å². The molecule has 0 aliphatic rings. The second-order valence-electron chi connectivity index (χ2n) is 4.07. The fourth-order valence-corrected chi connectivity index (χ4v) is 1.69. The van der Waals surface area contributed by atoms with Crippen LogP contribution in [0.1, 0.15) is 15.9 Å². The number of nitrogens with one attached hydrogen (secondary N) is 1. The average molecular weight is 259 g/mol. The SMILES string of the molecule is O=C(NC(Cc1ccccc1)C(=O)O)c1ccoc1. The van der Waals surface area contributed by atoms with Gasteiger partial charge in [-0.05, 0) is 11.6 Å². The highest BCUT2D eigenvalue weighted by Gasteiger charge is 2.21. The van der Waals surface area contributed by atoms with E-state index in [0.717, 1.165) is 5.56 Å². The van der Waals surface area contributed by atoms with Crippen molar-refractivity contribution in [2.45, 2.75) is 12.5 Å². The predicted molar refractivity (Wildman–Crippen MR) is 67.7 cm³/mol. The molecule has 0 aliphatic carbocycles. The highest BCUT2D eigenvalue weighted by atomic mass is 16.4. The van der Waals surface area contributed by atoms with Crippen LogP contribution in [0.4, 0.5) is 0 Å². The van der Waals surface area contributed by atoms with Crippen molar-refractivity contribution >= 4 is 11.9 Å². The summed E-state index contributed by atoms with van der Waals surface area (Å²) in [5.41, 5.74) is 1.15. The van der Waals surface area contributed by atoms with Gasteiger partial charge in [0.1, 0.15) is 12.3 Å². The molecule has 98 valence electrons. The fourth-order valence-electron chi connectivity index (χ4n) is 1.69. The summed E-state index contributed by atoms with van der Waals surface area (Å²) in [6.07, 6.45) is 2.87. The van der Waals surface area contributed by atoms with Crippen molar-refractivity contribution in [1.82, 2.24) is 5.32 Å². The van der Waals surface area contributed by atoms with E-state index in [0.29, 0.717) is 5.56 Å². The lowest BCUT2D eigenvalue weighted by atomic mass is 10.1. The molecule has 0 saturated carbocycles. The van der Waals surface area contributed by atoms with Crippen molar-refractivity contribution in [3.8, 4) is 0 Å². The van der Waals surface area contributed by atoms with Gasteiger partial charge in [-0.15, -0.1) is 0 Å². The van der Waals surface area contributed by atoms with Gasteiger partial charge in [0.2, 0.25) is 0 Å². The molecule has 1 unspecified atom stereocenters. The van der Waals surface area contributed by atoms with Gasteiger partial charge in [-0.25, -0.2) is 4.79 Å². The molecule has 5 nitrogen and oxygen atoms in total. The van der Waals surface area contributed by atoms with E-state index in [2.05, 4.69) is 5.32 Å². The van der Waals surface area contributed by atoms with Gasteiger partial charge in [-0.3, -0.25) is 4.79 Å². The van der Waals surface area contributed by atoms with Crippen LogP contribution in [0.15, 0.2) is 53.3 Å². The number of aliphatic carboxylic acids is 1. The number of furan rings is 1. The highest BCUT2D eigenvalue weighted by Crippen LogP contribution is 2.05. The number of benzene rings is 1. The second-order valence-corrected chi connectivity index (χ2v) is 4.07. The molecule has 0 aliphatic heterocycles. The minimum absolute atomic E-state index is 0.236. The lowest BCUT2D eigenvalue weighted by Crippen LogP contribution is -2.42. The summed E-state index contributed by atoms with van der Waals surface area (Å²) in [7, 11) is 0. The molecule has 1 heterocycles. The van der Waals surface area contributed by atoms with Crippen LogP contribution >= 0.6 is 0 Å². The maximum atomic E-state index is 11.8. The van der Waals surface area contributed by atoms with Crippen LogP contribution in [0.25, 0.3) is 0 Å². The van der Waals surface area contributed by atoms with Crippen LogP contribution in [0, 0.1) is 0 Å². The summed E-state index contributed by atoms with van der Waals surface area (Å²) >= 11 is 0. The molecule has 5 heteroatoms. The number of amides is 1. The standard InChI is InChI=1S/C14H13NO4/c16-13(11-6-7-19-9-11)15-12(14(17)18)8-10-4-2-1-3-5-10/h1-7,9,12H,8H2,(H,15,16)(H,17,18). The topological polar surface area (TPSA) is 79.5 Å². The summed E-state index contributed by atoms with van der Waals surface area (Å²) in [6, 6.07) is 9.66. The maximum absolute atomic E-state index is 11.8. The van der Waals surface area contributed by atoms with Gasteiger partial charge in [0, 0.05) is 6.42 Å². The van der Waals surface area contributed by atoms with Crippen LogP contribution < -0.4 is 5.32 Å². The highest BCUT2D eigenvalue weighted by molar-refractivity contribution is 5.96. The molecule has 0 radical (unpaired) electrons. The summed E-state index contributed by atoms with van der Waals surface area (Å²) < 4.78 is 4.79. The van der Waals surface area contributed by atoms with Gasteiger partial charge >= 0.3 is 5.97 Å². The second kappa shape index (κ2) is 5.86. The van der Waals surface area contributed by atoms with Crippen molar-refractivity contribution in [2.24, 2.45) is 0 Å². The number of rotatable bonds is 5. The van der Waals surface area contributed by atoms with Gasteiger partial charge in [0.15, 0.2) is 0 Å². The minimum atomic E-state index is -1.07. The van der Waals surface area contributed by atoms with Gasteiger partial charge in [-0.1, -0.05) is 30.3 Å². The minimum Gasteiger partial charge on any atom is -0.480 e. The first-order valence-corrected chi connectivity index (χ1v) is 5.76. The van der Waals surface area contributed by atoms with Gasteiger partial charge in [-0.2, -0.15) is 0 Å². The Labute approximate surface area is 109 Å². The molecular formula is C14H13NO4. The first-order chi connectivity index (χ1) is 9.16. The number of carboxylic acid groups (broad SMARTS) is 1. The number of carbonyl (C=O) groups is 2. The number of hydrogen-bond acceptors (Lipinski definition) is 3. The van der Waals surface area contributed by atoms with Crippen molar-refractivity contribution in [1.29, 1.82) is 0 Å². The normalized spacial score (nSPS) is 11.8. The summed E-state index contributed by atoms with van der Waals surface area (Å²) in [5.74, 6) is -1.53. The molecule has 0 saturated heterocycles. The third kappa shape index (κ3) is 3.45. The Morgan fingerprint density at radius 1 is 1.21 bits per heavy atom. The zero-order chi connectivity index (χ0) is 13.7. The Kier molecular flexibility index (Phi) is 3.97. The van der Waals surface area contributed by atoms with E-state index < -0.39 is 17.9 Å². The first-order valence-electron chi connectivity index (χ1n) is 5.76. The number of hydrogen-bond donors (Lipinski definition) is 2. The van der Waals surface area contributed by atoms with E-state index in [1.807, 2.05) is 30.3 Å². The van der Waals surface area contributed by atoms with Gasteiger partial charge in [0.25, 0.3) is 5.91 Å². The lowest BCUT2D eigenvalue weighted by molar-refractivity contribution is -0.139. The van der Waals surface area contributed by atoms with E-state index in [4.69, 9.17) is 9.52 Å². The Hall–Kier alpha value is -2.56. The Morgan fingerprint density at radius 3 is 2.53 bits per heavy atom. The van der Waals surface area contributed by atoms with Crippen LogP contribution in [0.2, 0.25) is 0 Å². The van der Waals surface area contributed by atoms with Crippen LogP contribution in [0.5, 0.6) is 0 Å². The monoisotopic (exact) mass is 259 g/mol. The van der Waals surface area contributed by atoms with E-state index in [1.54, 1.807) is 0 Å². The van der Waals surface area contributed by atoms with Crippen molar-refractivity contribution in [3.05, 3.63) is 60.1 Å². The summed E-state index contributed by atoms with van der Waals surface area (Å²) in [5, 5.41) is 11.6. The quantitative estimate of drug-likeness (QED) is 0.856. The molecule has 1 atom stereocenters. The van der Waals surface area contributed by atoms with Crippen molar-refractivity contribution in [2.75, 3.05) is 0 Å². The fraction of sp³-hybridized carbons (Fsp3) is 0.143. The first kappa shape index (κ1) is 12.9. The summed E-state index contributed by atoms with van der Waals surface area (Å²) in [4.78, 5) is 22.9. The Bertz CT molecular complexity index is 548. The molecule has 1 aromatic carbocycles. The number of carbonyl (C=O) groups excluding carboxylic acids is 1. The lowest BCUT2D eigenvalue weighted by Gasteiger charge is -2.13. The van der Waals surface area contributed by atoms with E-state index >= 15 is 0 Å². The Balaban J connectivity index is 2.05. The molecule has 0 fully saturated rings. The van der Waals surface area contributed by atoms with Crippen LogP contribution in [-0.2, 0) is 11.2 Å². The van der Waals surface area contributed by atoms with Gasteiger partial charge < -0.3 is 14.8 Å². The number of carboxylic acids is 1.